The predicted octanol–water partition coefficient (Wildman–Crippen LogP) is 6.16. The number of amides is 2. The third-order valence-electron chi connectivity index (χ3n) is 3.72. The first-order valence-electron chi connectivity index (χ1n) is 7.92. The minimum atomic E-state index is -5.09. The second-order valence-corrected chi connectivity index (χ2v) is 9.95. The molecule has 14 heteroatoms. The van der Waals surface area contributed by atoms with E-state index in [1.165, 1.54) is 19.2 Å². The summed E-state index contributed by atoms with van der Waals surface area (Å²) < 4.78 is 102. The largest absolute Gasteiger partial charge is 0.416 e. The number of thiophene rings is 1. The number of carbonyl (C=O) groups excluding carboxylic acids is 1. The number of sulfone groups is 1. The summed E-state index contributed by atoms with van der Waals surface area (Å²) in [6.45, 7) is 2.87. The molecule has 0 bridgehead atoms. The van der Waals surface area contributed by atoms with E-state index >= 15 is 0 Å². The van der Waals surface area contributed by atoms with Gasteiger partial charge < -0.3 is 5.32 Å². The van der Waals surface area contributed by atoms with Crippen LogP contribution in [0.4, 0.5) is 41.8 Å². The maximum atomic E-state index is 12.9. The Balaban J connectivity index is 2.33. The van der Waals surface area contributed by atoms with Crippen molar-refractivity contribution in [1.29, 1.82) is 0 Å². The minimum Gasteiger partial charge on any atom is -0.306 e. The molecule has 0 aliphatic heterocycles. The fourth-order valence-electron chi connectivity index (χ4n) is 2.13. The number of benzene rings is 1. The fourth-order valence-corrected chi connectivity index (χ4v) is 4.59. The molecule has 0 saturated carbocycles. The lowest BCUT2D eigenvalue weighted by Crippen LogP contribution is -2.26. The molecule has 1 N–H and O–H groups in total. The molecule has 30 heavy (non-hydrogen) atoms. The standard InChI is InChI=1S/C16H13ClF6N2O3S2/c1-8(2)30(27,28)12-6-13(29-7-12)25(17)14(26)24-11-4-9(15(18,19)20)3-10(5-11)16(21,22)23/h3-8H,1-2H3,(H,24,26). The van der Waals surface area contributed by atoms with E-state index in [0.717, 1.165) is 17.4 Å². The van der Waals surface area contributed by atoms with Crippen LogP contribution in [0, 0.1) is 0 Å². The maximum absolute atomic E-state index is 12.9. The van der Waals surface area contributed by atoms with Crippen LogP contribution < -0.4 is 9.74 Å². The number of anilines is 2. The highest BCUT2D eigenvalue weighted by Gasteiger charge is 2.37. The molecule has 0 unspecified atom stereocenters. The molecule has 2 amide bonds. The lowest BCUT2D eigenvalue weighted by molar-refractivity contribution is -0.143. The van der Waals surface area contributed by atoms with Crippen LogP contribution in [0.5, 0.6) is 0 Å². The van der Waals surface area contributed by atoms with Gasteiger partial charge in [0.1, 0.15) is 5.00 Å². The van der Waals surface area contributed by atoms with Gasteiger partial charge in [0.05, 0.1) is 21.3 Å². The zero-order valence-electron chi connectivity index (χ0n) is 15.1. The van der Waals surface area contributed by atoms with Crippen molar-refractivity contribution in [2.45, 2.75) is 36.3 Å². The molecule has 0 spiro atoms. The van der Waals surface area contributed by atoms with E-state index in [9.17, 15) is 39.6 Å². The Morgan fingerprint density at radius 1 is 1.03 bits per heavy atom. The number of halogens is 7. The quantitative estimate of drug-likeness (QED) is 0.409. The Morgan fingerprint density at radius 3 is 1.97 bits per heavy atom. The fraction of sp³-hybridized carbons (Fsp3) is 0.312. The molecule has 0 radical (unpaired) electrons. The Bertz CT molecular complexity index is 1020. The van der Waals surface area contributed by atoms with Crippen molar-refractivity contribution in [3.63, 3.8) is 0 Å². The molecule has 5 nitrogen and oxygen atoms in total. The third kappa shape index (κ3) is 5.38. The third-order valence-corrected chi connectivity index (χ3v) is 7.35. The second kappa shape index (κ2) is 8.27. The number of carbonyl (C=O) groups is 1. The van der Waals surface area contributed by atoms with E-state index in [1.54, 1.807) is 0 Å². The number of alkyl halides is 6. The second-order valence-electron chi connectivity index (χ2n) is 6.22. The average Bonchev–Trinajstić information content (AvgIpc) is 3.09. The number of nitrogens with zero attached hydrogens (tertiary/aromatic N) is 1. The van der Waals surface area contributed by atoms with Crippen molar-refractivity contribution >= 4 is 49.7 Å². The van der Waals surface area contributed by atoms with Crippen LogP contribution in [-0.2, 0) is 22.2 Å². The Morgan fingerprint density at radius 2 is 1.53 bits per heavy atom. The topological polar surface area (TPSA) is 66.5 Å². The summed E-state index contributed by atoms with van der Waals surface area (Å²) in [5, 5.41) is 2.19. The summed E-state index contributed by atoms with van der Waals surface area (Å²) in [5.74, 6) is 0. The van der Waals surface area contributed by atoms with Gasteiger partial charge in [-0.1, -0.05) is 0 Å². The van der Waals surface area contributed by atoms with Crippen molar-refractivity contribution in [3.05, 3.63) is 40.8 Å². The van der Waals surface area contributed by atoms with Crippen molar-refractivity contribution in [2.24, 2.45) is 0 Å². The molecule has 0 aliphatic carbocycles. The molecular weight excluding hydrogens is 482 g/mol. The van der Waals surface area contributed by atoms with Crippen molar-refractivity contribution in [2.75, 3.05) is 9.74 Å². The molecule has 2 aromatic rings. The van der Waals surface area contributed by atoms with Crippen LogP contribution >= 0.6 is 23.1 Å². The first kappa shape index (κ1) is 24.3. The molecule has 1 heterocycles. The van der Waals surface area contributed by atoms with Gasteiger partial charge in [-0.3, -0.25) is 0 Å². The van der Waals surface area contributed by atoms with Gasteiger partial charge in [-0.05, 0) is 38.1 Å². The summed E-state index contributed by atoms with van der Waals surface area (Å²) in [6.07, 6.45) is -10.2. The predicted molar refractivity (Wildman–Crippen MR) is 100 cm³/mol. The molecule has 1 aromatic carbocycles. The highest BCUT2D eigenvalue weighted by atomic mass is 35.5. The van der Waals surface area contributed by atoms with Crippen LogP contribution in [0.15, 0.2) is 34.5 Å². The Labute approximate surface area is 176 Å². The van der Waals surface area contributed by atoms with Gasteiger partial charge in [0, 0.05) is 22.8 Å². The molecule has 2 rings (SSSR count). The zero-order chi connectivity index (χ0) is 23.1. The smallest absolute Gasteiger partial charge is 0.306 e. The molecule has 0 atom stereocenters. The van der Waals surface area contributed by atoms with Gasteiger partial charge in [0.25, 0.3) is 0 Å². The van der Waals surface area contributed by atoms with E-state index in [4.69, 9.17) is 11.8 Å². The van der Waals surface area contributed by atoms with Crippen LogP contribution in [0.3, 0.4) is 0 Å². The molecular formula is C16H13ClF6N2O3S2. The van der Waals surface area contributed by atoms with Crippen LogP contribution in [0.2, 0.25) is 0 Å². The Kier molecular flexibility index (Phi) is 6.69. The van der Waals surface area contributed by atoms with Crippen LogP contribution in [0.1, 0.15) is 25.0 Å². The maximum Gasteiger partial charge on any atom is 0.416 e. The van der Waals surface area contributed by atoms with Crippen LogP contribution in [-0.4, -0.2) is 19.7 Å². The number of hydrogen-bond donors (Lipinski definition) is 1. The first-order chi connectivity index (χ1) is 13.5. The van der Waals surface area contributed by atoms with Gasteiger partial charge in [-0.15, -0.1) is 11.3 Å². The van der Waals surface area contributed by atoms with E-state index in [0.29, 0.717) is 16.6 Å². The van der Waals surface area contributed by atoms with Gasteiger partial charge in [-0.25, -0.2) is 13.2 Å². The summed E-state index contributed by atoms with van der Waals surface area (Å²) in [6, 6.07) is 0.345. The number of nitrogens with one attached hydrogen (secondary N) is 1. The monoisotopic (exact) mass is 494 g/mol. The SMILES string of the molecule is CC(C)S(=O)(=O)c1csc(N(Cl)C(=O)Nc2cc(C(F)(F)F)cc(C(F)(F)F)c2)c1. The normalized spacial score (nSPS) is 12.9. The number of urea groups is 1. The van der Waals surface area contributed by atoms with Gasteiger partial charge in [-0.2, -0.15) is 30.8 Å². The molecule has 0 saturated heterocycles. The molecule has 1 aromatic heterocycles. The van der Waals surface area contributed by atoms with Gasteiger partial charge in [0.15, 0.2) is 9.84 Å². The highest BCUT2D eigenvalue weighted by Crippen LogP contribution is 2.38. The Hall–Kier alpha value is -1.99. The lowest BCUT2D eigenvalue weighted by Gasteiger charge is -2.17. The van der Waals surface area contributed by atoms with Crippen molar-refractivity contribution in [1.82, 2.24) is 0 Å². The van der Waals surface area contributed by atoms with Gasteiger partial charge >= 0.3 is 18.4 Å². The van der Waals surface area contributed by atoms with E-state index in [1.807, 2.05) is 5.32 Å². The lowest BCUT2D eigenvalue weighted by atomic mass is 10.1. The number of rotatable bonds is 4. The van der Waals surface area contributed by atoms with Crippen molar-refractivity contribution in [3.8, 4) is 0 Å². The number of hydrogen-bond acceptors (Lipinski definition) is 4. The van der Waals surface area contributed by atoms with Crippen molar-refractivity contribution < 1.29 is 39.6 Å². The van der Waals surface area contributed by atoms with Gasteiger partial charge in [0.2, 0.25) is 0 Å². The summed E-state index contributed by atoms with van der Waals surface area (Å²) >= 11 is 6.55. The highest BCUT2D eigenvalue weighted by molar-refractivity contribution is 7.92. The molecule has 166 valence electrons. The minimum absolute atomic E-state index is 0.0869. The summed E-state index contributed by atoms with van der Waals surface area (Å²) in [4.78, 5) is 12.1. The van der Waals surface area contributed by atoms with Crippen LogP contribution in [0.25, 0.3) is 0 Å². The van der Waals surface area contributed by atoms with E-state index < -0.39 is 50.3 Å². The van der Waals surface area contributed by atoms with E-state index in [2.05, 4.69) is 0 Å². The van der Waals surface area contributed by atoms with E-state index in [-0.39, 0.29) is 16.0 Å². The first-order valence-corrected chi connectivity index (χ1v) is 10.7. The molecule has 0 aliphatic rings. The summed E-state index contributed by atoms with van der Waals surface area (Å²) in [5.41, 5.74) is -4.02. The summed E-state index contributed by atoms with van der Waals surface area (Å²) in [7, 11) is -3.67. The zero-order valence-corrected chi connectivity index (χ0v) is 17.5. The molecule has 0 fully saturated rings. The average molecular weight is 495 g/mol.